The third-order valence-corrected chi connectivity index (χ3v) is 3.94. The van der Waals surface area contributed by atoms with Crippen LogP contribution in [-0.2, 0) is 31.2 Å². The highest BCUT2D eigenvalue weighted by molar-refractivity contribution is 5.73. The maximum atomic E-state index is 10.6. The molecule has 0 bridgehead atoms. The molecule has 27 heavy (non-hydrogen) atoms. The Bertz CT molecular complexity index is 779. The number of carbonyl (C=O) groups is 1. The van der Waals surface area contributed by atoms with E-state index in [1.807, 2.05) is 17.9 Å². The van der Waals surface area contributed by atoms with Crippen molar-refractivity contribution in [3.63, 3.8) is 0 Å². The van der Waals surface area contributed by atoms with Gasteiger partial charge in [-0.1, -0.05) is 0 Å². The van der Waals surface area contributed by atoms with E-state index in [0.29, 0.717) is 0 Å². The minimum Gasteiger partial charge on any atom is -0.481 e. The number of alkyl halides is 3. The lowest BCUT2D eigenvalue weighted by atomic mass is 10.1. The molecule has 1 aliphatic rings. The van der Waals surface area contributed by atoms with Crippen molar-refractivity contribution in [1.29, 1.82) is 0 Å². The van der Waals surface area contributed by atoms with E-state index in [4.69, 9.17) is 14.6 Å². The summed E-state index contributed by atoms with van der Waals surface area (Å²) in [6.45, 7) is 2.92. The van der Waals surface area contributed by atoms with Gasteiger partial charge in [-0.05, 0) is 6.42 Å². The summed E-state index contributed by atoms with van der Waals surface area (Å²) in [5.41, 5.74) is 3.52. The minimum atomic E-state index is -5.08. The van der Waals surface area contributed by atoms with Crippen molar-refractivity contribution in [3.05, 3.63) is 35.5 Å². The Morgan fingerprint density at radius 1 is 1.30 bits per heavy atom. The number of aliphatic carboxylic acids is 1. The number of aryl methyl sites for hydroxylation is 1. The summed E-state index contributed by atoms with van der Waals surface area (Å²) in [6, 6.07) is 0. The summed E-state index contributed by atoms with van der Waals surface area (Å²) in [5, 5.41) is 11.3. The van der Waals surface area contributed by atoms with Crippen LogP contribution in [0.2, 0.25) is 0 Å². The summed E-state index contributed by atoms with van der Waals surface area (Å²) in [5.74, 6) is -2.04. The van der Waals surface area contributed by atoms with Crippen molar-refractivity contribution >= 4 is 5.97 Å². The molecule has 0 amide bonds. The number of carboxylic acid groups (broad SMARTS) is 1. The number of hydrogen-bond acceptors (Lipinski definition) is 6. The molecule has 0 atom stereocenters. The maximum Gasteiger partial charge on any atom is 0.490 e. The Morgan fingerprint density at radius 2 is 1.96 bits per heavy atom. The van der Waals surface area contributed by atoms with E-state index >= 15 is 0 Å². The van der Waals surface area contributed by atoms with Crippen LogP contribution in [0.15, 0.2) is 18.7 Å². The van der Waals surface area contributed by atoms with Gasteiger partial charge in [0.1, 0.15) is 6.33 Å². The molecule has 1 aliphatic heterocycles. The number of rotatable bonds is 3. The van der Waals surface area contributed by atoms with Gasteiger partial charge in [0.05, 0.1) is 19.0 Å². The Labute approximate surface area is 153 Å². The molecule has 3 rings (SSSR count). The SMILES string of the molecule is COc1ncnc2c1CCN(Cc1cnn(C)c1)CC2.O=C(O)C(F)(F)F. The lowest BCUT2D eigenvalue weighted by molar-refractivity contribution is -0.192. The average molecular weight is 387 g/mol. The number of methoxy groups -OCH3 is 1. The monoisotopic (exact) mass is 387 g/mol. The molecule has 8 nitrogen and oxygen atoms in total. The van der Waals surface area contributed by atoms with E-state index in [1.54, 1.807) is 13.4 Å². The van der Waals surface area contributed by atoms with E-state index in [1.165, 1.54) is 5.56 Å². The smallest absolute Gasteiger partial charge is 0.481 e. The second-order valence-electron chi connectivity index (χ2n) is 5.91. The predicted molar refractivity (Wildman–Crippen MR) is 88.2 cm³/mol. The number of hydrogen-bond donors (Lipinski definition) is 1. The van der Waals surface area contributed by atoms with Crippen LogP contribution in [0.4, 0.5) is 13.2 Å². The van der Waals surface area contributed by atoms with Crippen molar-refractivity contribution < 1.29 is 27.8 Å². The molecule has 0 unspecified atom stereocenters. The third kappa shape index (κ3) is 5.91. The molecule has 11 heteroatoms. The van der Waals surface area contributed by atoms with Crippen molar-refractivity contribution in [2.24, 2.45) is 7.05 Å². The highest BCUT2D eigenvalue weighted by atomic mass is 19.4. The Balaban J connectivity index is 0.000000321. The van der Waals surface area contributed by atoms with Gasteiger partial charge in [-0.3, -0.25) is 9.58 Å². The second-order valence-corrected chi connectivity index (χ2v) is 5.91. The zero-order valence-electron chi connectivity index (χ0n) is 14.9. The van der Waals surface area contributed by atoms with E-state index in [2.05, 4.69) is 26.2 Å². The fourth-order valence-corrected chi connectivity index (χ4v) is 2.69. The highest BCUT2D eigenvalue weighted by Gasteiger charge is 2.38. The summed E-state index contributed by atoms with van der Waals surface area (Å²) < 4.78 is 38.9. The third-order valence-electron chi connectivity index (χ3n) is 3.94. The molecular formula is C16H20F3N5O3. The Kier molecular flexibility index (Phi) is 6.72. The van der Waals surface area contributed by atoms with Crippen LogP contribution in [-0.4, -0.2) is 62.1 Å². The van der Waals surface area contributed by atoms with Crippen LogP contribution in [0.25, 0.3) is 0 Å². The minimum absolute atomic E-state index is 0.721. The average Bonchev–Trinajstić information content (AvgIpc) is 2.90. The number of fused-ring (bicyclic) bond motifs is 1. The van der Waals surface area contributed by atoms with Crippen LogP contribution in [0, 0.1) is 0 Å². The van der Waals surface area contributed by atoms with Crippen LogP contribution in [0.3, 0.4) is 0 Å². The molecule has 0 aromatic carbocycles. The molecule has 0 fully saturated rings. The summed E-state index contributed by atoms with van der Waals surface area (Å²) in [7, 11) is 3.61. The van der Waals surface area contributed by atoms with E-state index in [-0.39, 0.29) is 0 Å². The molecule has 3 heterocycles. The normalized spacial score (nSPS) is 14.6. The molecule has 2 aromatic heterocycles. The lowest BCUT2D eigenvalue weighted by Crippen LogP contribution is -2.25. The molecule has 0 saturated carbocycles. The van der Waals surface area contributed by atoms with Crippen LogP contribution in [0.5, 0.6) is 5.88 Å². The molecule has 0 saturated heterocycles. The van der Waals surface area contributed by atoms with Gasteiger partial charge in [0.25, 0.3) is 0 Å². The molecule has 0 aliphatic carbocycles. The van der Waals surface area contributed by atoms with Crippen molar-refractivity contribution in [2.45, 2.75) is 25.6 Å². The largest absolute Gasteiger partial charge is 0.490 e. The zero-order chi connectivity index (χ0) is 20.0. The van der Waals surface area contributed by atoms with Crippen LogP contribution in [0.1, 0.15) is 16.8 Å². The lowest BCUT2D eigenvalue weighted by Gasteiger charge is -2.18. The van der Waals surface area contributed by atoms with Gasteiger partial charge in [-0.2, -0.15) is 18.3 Å². The van der Waals surface area contributed by atoms with Gasteiger partial charge in [-0.15, -0.1) is 0 Å². The molecule has 0 spiro atoms. The first-order valence-electron chi connectivity index (χ1n) is 8.07. The van der Waals surface area contributed by atoms with Crippen LogP contribution < -0.4 is 4.74 Å². The molecule has 2 aromatic rings. The van der Waals surface area contributed by atoms with Gasteiger partial charge in [-0.25, -0.2) is 14.8 Å². The molecule has 0 radical (unpaired) electrons. The number of aromatic nitrogens is 4. The predicted octanol–water partition coefficient (Wildman–Crippen LogP) is 1.45. The van der Waals surface area contributed by atoms with E-state index in [0.717, 1.165) is 49.6 Å². The van der Waals surface area contributed by atoms with Crippen molar-refractivity contribution in [1.82, 2.24) is 24.6 Å². The topological polar surface area (TPSA) is 93.4 Å². The van der Waals surface area contributed by atoms with E-state index in [9.17, 15) is 13.2 Å². The van der Waals surface area contributed by atoms with Gasteiger partial charge in [0, 0.05) is 50.4 Å². The number of nitrogens with zero attached hydrogens (tertiary/aromatic N) is 5. The quantitative estimate of drug-likeness (QED) is 0.852. The summed E-state index contributed by atoms with van der Waals surface area (Å²) in [4.78, 5) is 19.9. The second kappa shape index (κ2) is 8.80. The fourth-order valence-electron chi connectivity index (χ4n) is 2.69. The van der Waals surface area contributed by atoms with Crippen molar-refractivity contribution in [3.8, 4) is 5.88 Å². The molecular weight excluding hydrogens is 367 g/mol. The number of halogens is 3. The van der Waals surface area contributed by atoms with Gasteiger partial charge >= 0.3 is 12.1 Å². The molecule has 148 valence electrons. The van der Waals surface area contributed by atoms with Gasteiger partial charge in [0.15, 0.2) is 0 Å². The summed E-state index contributed by atoms with van der Waals surface area (Å²) in [6.07, 6.45) is 2.37. The molecule has 1 N–H and O–H groups in total. The first-order chi connectivity index (χ1) is 12.7. The van der Waals surface area contributed by atoms with Gasteiger partial charge < -0.3 is 9.84 Å². The van der Waals surface area contributed by atoms with Crippen LogP contribution >= 0.6 is 0 Å². The maximum absolute atomic E-state index is 10.6. The number of carboxylic acids is 1. The first kappa shape index (κ1) is 20.6. The summed E-state index contributed by atoms with van der Waals surface area (Å²) >= 11 is 0. The zero-order valence-corrected chi connectivity index (χ0v) is 14.9. The van der Waals surface area contributed by atoms with E-state index < -0.39 is 12.1 Å². The van der Waals surface area contributed by atoms with Crippen molar-refractivity contribution in [2.75, 3.05) is 20.2 Å². The number of ether oxygens (including phenoxy) is 1. The Hall–Kier alpha value is -2.69. The standard InChI is InChI=1S/C14H19N5O.C2HF3O2/c1-18-8-11(7-17-18)9-19-5-3-12-13(4-6-19)15-10-16-14(12)20-2;3-2(4,5)1(6)7/h7-8,10H,3-6,9H2,1-2H3;(H,6,7). The first-order valence-corrected chi connectivity index (χ1v) is 8.07. The van der Waals surface area contributed by atoms with Gasteiger partial charge in [0.2, 0.25) is 5.88 Å². The Morgan fingerprint density at radius 3 is 2.52 bits per heavy atom. The fraction of sp³-hybridized carbons (Fsp3) is 0.500. The highest BCUT2D eigenvalue weighted by Crippen LogP contribution is 2.22.